The molecule has 0 bridgehead atoms. The lowest BCUT2D eigenvalue weighted by Crippen LogP contribution is -2.04. The van der Waals surface area contributed by atoms with E-state index in [1.54, 1.807) is 18.3 Å². The Bertz CT molecular complexity index is 1480. The first-order chi connectivity index (χ1) is 18.4. The molecule has 0 aliphatic carbocycles. The number of hydrogen-bond acceptors (Lipinski definition) is 8. The van der Waals surface area contributed by atoms with Gasteiger partial charge in [0, 0.05) is 29.6 Å². The fourth-order valence-corrected chi connectivity index (χ4v) is 4.28. The molecule has 0 radical (unpaired) electrons. The summed E-state index contributed by atoms with van der Waals surface area (Å²) in [5, 5.41) is 10.5. The van der Waals surface area contributed by atoms with Crippen molar-refractivity contribution in [3.8, 4) is 22.8 Å². The molecule has 0 aliphatic rings. The van der Waals surface area contributed by atoms with Crippen LogP contribution in [0.15, 0.2) is 79.9 Å². The Balaban J connectivity index is 1.71. The predicted molar refractivity (Wildman–Crippen MR) is 156 cm³/mol. The van der Waals surface area contributed by atoms with Crippen LogP contribution in [-0.2, 0) is 0 Å². The monoisotopic (exact) mass is 548 g/mol. The second kappa shape index (κ2) is 11.9. The molecule has 194 valence electrons. The minimum absolute atomic E-state index is 0.292. The zero-order chi connectivity index (χ0) is 27.2. The first kappa shape index (κ1) is 26.8. The van der Waals surface area contributed by atoms with E-state index in [0.29, 0.717) is 55.8 Å². The second-order valence-electron chi connectivity index (χ2n) is 8.07. The maximum absolute atomic E-state index is 6.57. The smallest absolute Gasteiger partial charge is 0.143 e. The highest BCUT2D eigenvalue weighted by Crippen LogP contribution is 2.45. The number of rotatable bonds is 10. The number of aryl methyl sites for hydroxylation is 1. The average molecular weight is 549 g/mol. The van der Waals surface area contributed by atoms with Gasteiger partial charge in [0.1, 0.15) is 39.5 Å². The van der Waals surface area contributed by atoms with Crippen molar-refractivity contribution in [2.75, 3.05) is 30.2 Å². The molecular weight excluding hydrogens is 523 g/mol. The first-order valence-corrected chi connectivity index (χ1v) is 12.2. The Kier molecular flexibility index (Phi) is 8.35. The quantitative estimate of drug-likeness (QED) is 0.173. The van der Waals surface area contributed by atoms with Gasteiger partial charge in [-0.3, -0.25) is 0 Å². The molecule has 0 atom stereocenters. The number of nitrogens with one attached hydrogen (secondary N) is 3. The number of aromatic nitrogens is 3. The molecule has 0 fully saturated rings. The molecule has 2 heterocycles. The predicted octanol–water partition coefficient (Wildman–Crippen LogP) is 7.77. The molecule has 0 unspecified atom stereocenters. The lowest BCUT2D eigenvalue weighted by molar-refractivity contribution is 0.395. The summed E-state index contributed by atoms with van der Waals surface area (Å²) in [6.45, 7) is 9.71. The third kappa shape index (κ3) is 5.66. The third-order valence-electron chi connectivity index (χ3n) is 5.64. The van der Waals surface area contributed by atoms with E-state index in [1.165, 1.54) is 20.5 Å². The number of methoxy groups -OCH3 is 2. The highest BCUT2D eigenvalue weighted by molar-refractivity contribution is 6.41. The fraction of sp³-hybridized carbons (Fsp3) is 0.107. The van der Waals surface area contributed by atoms with Crippen LogP contribution in [0.4, 0.5) is 28.7 Å². The fourth-order valence-electron chi connectivity index (χ4n) is 3.69. The molecule has 0 aliphatic heterocycles. The van der Waals surface area contributed by atoms with Crippen LogP contribution in [0.2, 0.25) is 10.0 Å². The van der Waals surface area contributed by atoms with Crippen molar-refractivity contribution >= 4 is 51.9 Å². The summed E-state index contributed by atoms with van der Waals surface area (Å²) in [4.78, 5) is 13.4. The number of benzene rings is 2. The summed E-state index contributed by atoms with van der Waals surface area (Å²) in [7, 11) is 3.03. The van der Waals surface area contributed by atoms with Crippen LogP contribution in [0.25, 0.3) is 11.3 Å². The van der Waals surface area contributed by atoms with Crippen LogP contribution in [0.1, 0.15) is 5.56 Å². The SMILES string of the molecule is C=CC(=C)Nc1cccc(C)c1Nc1cc(-c2cccnc2Nc2c(Cl)c(OC)cc(OC)c2Cl)ncn1. The van der Waals surface area contributed by atoms with Crippen LogP contribution >= 0.6 is 23.2 Å². The molecule has 4 aromatic rings. The van der Waals surface area contributed by atoms with Gasteiger partial charge in [0.15, 0.2) is 0 Å². The summed E-state index contributed by atoms with van der Waals surface area (Å²) < 4.78 is 10.8. The van der Waals surface area contributed by atoms with Gasteiger partial charge < -0.3 is 25.4 Å². The maximum Gasteiger partial charge on any atom is 0.143 e. The van der Waals surface area contributed by atoms with E-state index in [1.807, 2.05) is 43.3 Å². The molecule has 0 saturated carbocycles. The summed E-state index contributed by atoms with van der Waals surface area (Å²) in [6, 6.07) is 13.1. The lowest BCUT2D eigenvalue weighted by atomic mass is 10.1. The number of nitrogens with zero attached hydrogens (tertiary/aromatic N) is 3. The minimum atomic E-state index is 0.292. The van der Waals surface area contributed by atoms with Gasteiger partial charge in [-0.1, -0.05) is 48.5 Å². The number of para-hydroxylation sites is 1. The van der Waals surface area contributed by atoms with Gasteiger partial charge in [0.2, 0.25) is 0 Å². The van der Waals surface area contributed by atoms with Gasteiger partial charge in [0.05, 0.1) is 37.0 Å². The summed E-state index contributed by atoms with van der Waals surface area (Å²) in [5.41, 5.74) is 5.12. The number of anilines is 5. The molecular formula is C28H26Cl2N6O2. The van der Waals surface area contributed by atoms with E-state index in [-0.39, 0.29) is 0 Å². The van der Waals surface area contributed by atoms with Crippen LogP contribution in [0.3, 0.4) is 0 Å². The van der Waals surface area contributed by atoms with Crippen LogP contribution in [0, 0.1) is 6.92 Å². The number of pyridine rings is 1. The Morgan fingerprint density at radius 1 is 0.921 bits per heavy atom. The van der Waals surface area contributed by atoms with E-state index in [9.17, 15) is 0 Å². The minimum Gasteiger partial charge on any atom is -0.495 e. The highest BCUT2D eigenvalue weighted by atomic mass is 35.5. The standard InChI is InChI=1S/C28H26Cl2N6O2/c1-6-17(3)34-19-11-7-9-16(2)26(19)35-23-13-20(32-15-33-23)18-10-8-12-31-28(18)36-27-24(29)21(37-4)14-22(38-5)25(27)30/h6-15,34H,1,3H2,2,4-5H3,(H,31,36)(H,32,33,35). The molecule has 0 saturated heterocycles. The van der Waals surface area contributed by atoms with Gasteiger partial charge in [-0.05, 0) is 36.8 Å². The number of hydrogen-bond donors (Lipinski definition) is 3. The molecule has 2 aromatic heterocycles. The molecule has 0 amide bonds. The van der Waals surface area contributed by atoms with Crippen molar-refractivity contribution in [3.63, 3.8) is 0 Å². The second-order valence-corrected chi connectivity index (χ2v) is 8.83. The Labute approximate surface area is 231 Å². The van der Waals surface area contributed by atoms with Crippen LogP contribution < -0.4 is 25.4 Å². The summed E-state index contributed by atoms with van der Waals surface area (Å²) in [6.07, 6.45) is 4.79. The molecule has 3 N–H and O–H groups in total. The first-order valence-electron chi connectivity index (χ1n) is 11.5. The molecule has 4 rings (SSSR count). The summed E-state index contributed by atoms with van der Waals surface area (Å²) >= 11 is 13.1. The maximum atomic E-state index is 6.57. The zero-order valence-electron chi connectivity index (χ0n) is 21.1. The van der Waals surface area contributed by atoms with Gasteiger partial charge in [-0.15, -0.1) is 0 Å². The Hall–Kier alpha value is -4.27. The van der Waals surface area contributed by atoms with Crippen LogP contribution in [-0.4, -0.2) is 29.2 Å². The Morgan fingerprint density at radius 3 is 2.34 bits per heavy atom. The average Bonchev–Trinajstić information content (AvgIpc) is 2.93. The molecule has 38 heavy (non-hydrogen) atoms. The van der Waals surface area contributed by atoms with E-state index in [4.69, 9.17) is 32.7 Å². The molecule has 10 heteroatoms. The van der Waals surface area contributed by atoms with Crippen molar-refractivity contribution in [1.82, 2.24) is 15.0 Å². The van der Waals surface area contributed by atoms with Crippen molar-refractivity contribution in [1.29, 1.82) is 0 Å². The largest absolute Gasteiger partial charge is 0.495 e. The van der Waals surface area contributed by atoms with E-state index < -0.39 is 0 Å². The van der Waals surface area contributed by atoms with Gasteiger partial charge in [-0.2, -0.15) is 0 Å². The van der Waals surface area contributed by atoms with Gasteiger partial charge in [-0.25, -0.2) is 15.0 Å². The van der Waals surface area contributed by atoms with Gasteiger partial charge >= 0.3 is 0 Å². The van der Waals surface area contributed by atoms with E-state index in [0.717, 1.165) is 16.9 Å². The molecule has 8 nitrogen and oxygen atoms in total. The molecule has 2 aromatic carbocycles. The molecule has 0 spiro atoms. The normalized spacial score (nSPS) is 10.4. The number of halogens is 2. The van der Waals surface area contributed by atoms with Crippen molar-refractivity contribution in [2.24, 2.45) is 0 Å². The van der Waals surface area contributed by atoms with Crippen molar-refractivity contribution < 1.29 is 9.47 Å². The van der Waals surface area contributed by atoms with Gasteiger partial charge in [0.25, 0.3) is 0 Å². The number of allylic oxidation sites excluding steroid dienone is 1. The number of ether oxygens (including phenoxy) is 2. The summed E-state index contributed by atoms with van der Waals surface area (Å²) in [5.74, 6) is 1.88. The van der Waals surface area contributed by atoms with E-state index in [2.05, 4.69) is 44.1 Å². The topological polar surface area (TPSA) is 93.2 Å². The van der Waals surface area contributed by atoms with Crippen molar-refractivity contribution in [2.45, 2.75) is 6.92 Å². The van der Waals surface area contributed by atoms with Crippen molar-refractivity contribution in [3.05, 3.63) is 95.5 Å². The highest BCUT2D eigenvalue weighted by Gasteiger charge is 2.20. The van der Waals surface area contributed by atoms with Crippen LogP contribution in [0.5, 0.6) is 11.5 Å². The Morgan fingerprint density at radius 2 is 1.66 bits per heavy atom. The van der Waals surface area contributed by atoms with E-state index >= 15 is 0 Å². The lowest BCUT2D eigenvalue weighted by Gasteiger charge is -2.18. The zero-order valence-corrected chi connectivity index (χ0v) is 22.6. The third-order valence-corrected chi connectivity index (χ3v) is 6.39.